The van der Waals surface area contributed by atoms with E-state index in [1.54, 1.807) is 24.3 Å². The van der Waals surface area contributed by atoms with Crippen molar-refractivity contribution in [2.45, 2.75) is 12.6 Å². The predicted octanol–water partition coefficient (Wildman–Crippen LogP) is 1.75. The molecular formula is C20H20N2O4. The molecule has 0 bridgehead atoms. The van der Waals surface area contributed by atoms with E-state index < -0.39 is 11.8 Å². The lowest BCUT2D eigenvalue weighted by Crippen LogP contribution is -2.61. The van der Waals surface area contributed by atoms with E-state index in [2.05, 4.69) is 0 Å². The van der Waals surface area contributed by atoms with Gasteiger partial charge in [-0.3, -0.25) is 14.4 Å². The number of hydrogen-bond acceptors (Lipinski definition) is 4. The molecule has 1 aliphatic rings. The number of amides is 2. The van der Waals surface area contributed by atoms with Gasteiger partial charge < -0.3 is 14.5 Å². The fourth-order valence-corrected chi connectivity index (χ4v) is 2.98. The van der Waals surface area contributed by atoms with Crippen molar-refractivity contribution in [1.29, 1.82) is 0 Å². The normalized spacial score (nSPS) is 17.4. The van der Waals surface area contributed by atoms with Gasteiger partial charge in [-0.05, 0) is 29.8 Å². The van der Waals surface area contributed by atoms with E-state index in [9.17, 15) is 14.4 Å². The van der Waals surface area contributed by atoms with E-state index in [1.165, 1.54) is 24.0 Å². The largest absolute Gasteiger partial charge is 0.497 e. The number of ether oxygens (including phenoxy) is 1. The Balaban J connectivity index is 1.93. The van der Waals surface area contributed by atoms with Crippen LogP contribution in [0.25, 0.3) is 0 Å². The van der Waals surface area contributed by atoms with E-state index in [4.69, 9.17) is 4.74 Å². The number of carbonyl (C=O) groups excluding carboxylic acids is 3. The molecule has 26 heavy (non-hydrogen) atoms. The average molecular weight is 352 g/mol. The highest BCUT2D eigenvalue weighted by molar-refractivity contribution is 6.16. The van der Waals surface area contributed by atoms with Crippen molar-refractivity contribution >= 4 is 17.6 Å². The fourth-order valence-electron chi connectivity index (χ4n) is 2.98. The van der Waals surface area contributed by atoms with Gasteiger partial charge in [0.05, 0.1) is 13.7 Å². The van der Waals surface area contributed by atoms with Gasteiger partial charge in [-0.2, -0.15) is 0 Å². The van der Waals surface area contributed by atoms with Crippen LogP contribution in [0.5, 0.6) is 5.75 Å². The molecule has 6 heteroatoms. The summed E-state index contributed by atoms with van der Waals surface area (Å²) >= 11 is 0. The molecule has 0 aromatic heterocycles. The molecule has 2 aromatic carbocycles. The second-order valence-electron chi connectivity index (χ2n) is 6.20. The van der Waals surface area contributed by atoms with Crippen LogP contribution in [0.4, 0.5) is 0 Å². The molecule has 1 fully saturated rings. The van der Waals surface area contributed by atoms with Crippen molar-refractivity contribution in [2.24, 2.45) is 0 Å². The predicted molar refractivity (Wildman–Crippen MR) is 95.7 cm³/mol. The first-order valence-electron chi connectivity index (χ1n) is 8.28. The van der Waals surface area contributed by atoms with Gasteiger partial charge in [-0.25, -0.2) is 0 Å². The monoisotopic (exact) mass is 352 g/mol. The molecular weight excluding hydrogens is 332 g/mol. The van der Waals surface area contributed by atoms with Crippen LogP contribution >= 0.6 is 0 Å². The Morgan fingerprint density at radius 2 is 1.73 bits per heavy atom. The van der Waals surface area contributed by atoms with Crippen molar-refractivity contribution in [1.82, 2.24) is 9.80 Å². The summed E-state index contributed by atoms with van der Waals surface area (Å²) in [7, 11) is 3.07. The highest BCUT2D eigenvalue weighted by Crippen LogP contribution is 2.21. The van der Waals surface area contributed by atoms with Gasteiger partial charge in [-0.15, -0.1) is 0 Å². The molecule has 0 aliphatic carbocycles. The third kappa shape index (κ3) is 3.44. The molecule has 3 rings (SSSR count). The molecule has 2 aromatic rings. The standard InChI is InChI=1S/C20H20N2O4/c1-21-13-17(23)22(12-14-6-4-3-5-7-14)18(20(21)25)19(24)15-8-10-16(26-2)11-9-15/h3-11,18H,12-13H2,1-2H3. The molecule has 2 amide bonds. The van der Waals surface area contributed by atoms with Crippen molar-refractivity contribution in [3.63, 3.8) is 0 Å². The maximum absolute atomic E-state index is 13.0. The van der Waals surface area contributed by atoms with E-state index in [1.807, 2.05) is 30.3 Å². The Bertz CT molecular complexity index is 817. The molecule has 134 valence electrons. The maximum Gasteiger partial charge on any atom is 0.253 e. The number of nitrogens with zero attached hydrogens (tertiary/aromatic N) is 2. The zero-order valence-corrected chi connectivity index (χ0v) is 14.7. The minimum absolute atomic E-state index is 0.0297. The Labute approximate surface area is 152 Å². The quantitative estimate of drug-likeness (QED) is 0.607. The van der Waals surface area contributed by atoms with Crippen molar-refractivity contribution < 1.29 is 19.1 Å². The van der Waals surface area contributed by atoms with Crippen LogP contribution in [0.3, 0.4) is 0 Å². The summed E-state index contributed by atoms with van der Waals surface area (Å²) in [6.07, 6.45) is 0. The van der Waals surface area contributed by atoms with Crippen LogP contribution in [0.2, 0.25) is 0 Å². The molecule has 0 saturated carbocycles. The van der Waals surface area contributed by atoms with E-state index in [0.717, 1.165) is 5.56 Å². The summed E-state index contributed by atoms with van der Waals surface area (Å²) in [5.74, 6) is -0.400. The third-order valence-corrected chi connectivity index (χ3v) is 4.43. The van der Waals surface area contributed by atoms with Gasteiger partial charge in [0.15, 0.2) is 11.8 Å². The summed E-state index contributed by atoms with van der Waals surface area (Å²) < 4.78 is 5.10. The SMILES string of the molecule is COc1ccc(C(=O)C2C(=O)N(C)CC(=O)N2Cc2ccccc2)cc1. The summed E-state index contributed by atoms with van der Waals surface area (Å²) in [5.41, 5.74) is 1.23. The first-order valence-corrected chi connectivity index (χ1v) is 8.28. The van der Waals surface area contributed by atoms with Crippen LogP contribution in [-0.4, -0.2) is 54.1 Å². The maximum atomic E-state index is 13.0. The number of benzene rings is 2. The van der Waals surface area contributed by atoms with E-state index in [0.29, 0.717) is 11.3 Å². The number of methoxy groups -OCH3 is 1. The molecule has 6 nitrogen and oxygen atoms in total. The van der Waals surface area contributed by atoms with Crippen molar-refractivity contribution in [2.75, 3.05) is 20.7 Å². The number of rotatable bonds is 5. The molecule has 1 aliphatic heterocycles. The molecule has 1 heterocycles. The second kappa shape index (κ2) is 7.39. The minimum Gasteiger partial charge on any atom is -0.497 e. The van der Waals surface area contributed by atoms with E-state index in [-0.39, 0.29) is 24.9 Å². The molecule has 0 radical (unpaired) electrons. The third-order valence-electron chi connectivity index (χ3n) is 4.43. The van der Waals surface area contributed by atoms with Crippen molar-refractivity contribution in [3.05, 3.63) is 65.7 Å². The number of carbonyl (C=O) groups is 3. The lowest BCUT2D eigenvalue weighted by atomic mass is 9.98. The molecule has 1 saturated heterocycles. The molecule has 0 spiro atoms. The average Bonchev–Trinajstić information content (AvgIpc) is 2.67. The highest BCUT2D eigenvalue weighted by Gasteiger charge is 2.42. The summed E-state index contributed by atoms with van der Waals surface area (Å²) in [6.45, 7) is 0.184. The Hall–Kier alpha value is -3.15. The second-order valence-corrected chi connectivity index (χ2v) is 6.20. The van der Waals surface area contributed by atoms with Crippen LogP contribution in [-0.2, 0) is 16.1 Å². The fraction of sp³-hybridized carbons (Fsp3) is 0.250. The van der Waals surface area contributed by atoms with Crippen LogP contribution in [0.15, 0.2) is 54.6 Å². The number of piperazine rings is 1. The first-order chi connectivity index (χ1) is 12.5. The first kappa shape index (κ1) is 17.7. The Kier molecular flexibility index (Phi) is 5.02. The van der Waals surface area contributed by atoms with Crippen LogP contribution in [0.1, 0.15) is 15.9 Å². The topological polar surface area (TPSA) is 66.9 Å². The van der Waals surface area contributed by atoms with Gasteiger partial charge >= 0.3 is 0 Å². The smallest absolute Gasteiger partial charge is 0.253 e. The summed E-state index contributed by atoms with van der Waals surface area (Å²) in [4.78, 5) is 40.9. The Morgan fingerprint density at radius 3 is 2.35 bits per heavy atom. The van der Waals surface area contributed by atoms with Gasteiger partial charge in [0, 0.05) is 19.2 Å². The number of hydrogen-bond donors (Lipinski definition) is 0. The van der Waals surface area contributed by atoms with Gasteiger partial charge in [0.1, 0.15) is 5.75 Å². The number of Topliss-reactive ketones (excluding diaryl/α,β-unsaturated/α-hetero) is 1. The van der Waals surface area contributed by atoms with Gasteiger partial charge in [0.25, 0.3) is 5.91 Å². The lowest BCUT2D eigenvalue weighted by molar-refractivity contribution is -0.152. The molecule has 1 unspecified atom stereocenters. The number of ketones is 1. The molecule has 1 atom stereocenters. The molecule has 0 N–H and O–H groups in total. The van der Waals surface area contributed by atoms with Crippen LogP contribution < -0.4 is 4.74 Å². The highest BCUT2D eigenvalue weighted by atomic mass is 16.5. The summed E-state index contributed by atoms with van der Waals surface area (Å²) in [5, 5.41) is 0. The number of likely N-dealkylation sites (N-methyl/N-ethyl adjacent to an activating group) is 1. The minimum atomic E-state index is -1.16. The lowest BCUT2D eigenvalue weighted by Gasteiger charge is -2.38. The zero-order valence-electron chi connectivity index (χ0n) is 14.7. The van der Waals surface area contributed by atoms with E-state index >= 15 is 0 Å². The zero-order chi connectivity index (χ0) is 18.7. The van der Waals surface area contributed by atoms with Gasteiger partial charge in [0.2, 0.25) is 5.91 Å². The van der Waals surface area contributed by atoms with Crippen molar-refractivity contribution in [3.8, 4) is 5.75 Å². The van der Waals surface area contributed by atoms with Crippen LogP contribution in [0, 0.1) is 0 Å². The Morgan fingerprint density at radius 1 is 1.08 bits per heavy atom. The van der Waals surface area contributed by atoms with Gasteiger partial charge in [-0.1, -0.05) is 30.3 Å². The summed E-state index contributed by atoms with van der Waals surface area (Å²) in [6, 6.07) is 14.7.